The Bertz CT molecular complexity index is 553. The lowest BCUT2D eigenvalue weighted by molar-refractivity contribution is -0.137. The molecular weight excluding hydrogens is 280 g/mol. The average Bonchev–Trinajstić information content (AvgIpc) is 2.87. The minimum atomic E-state index is -0.836. The number of benzene rings is 1. The number of carboxylic acid groups (broad SMARTS) is 1. The van der Waals surface area contributed by atoms with Crippen molar-refractivity contribution in [2.45, 2.75) is 44.9 Å². The van der Waals surface area contributed by atoms with Gasteiger partial charge in [0.05, 0.1) is 0 Å². The van der Waals surface area contributed by atoms with Crippen molar-refractivity contribution in [1.82, 2.24) is 5.32 Å². The normalized spacial score (nSPS) is 15.5. The van der Waals surface area contributed by atoms with Gasteiger partial charge in [0.25, 0.3) is 0 Å². The third-order valence-electron chi connectivity index (χ3n) is 4.67. The van der Waals surface area contributed by atoms with Crippen LogP contribution in [0.4, 0.5) is 10.5 Å². The number of amides is 2. The molecule has 22 heavy (non-hydrogen) atoms. The third kappa shape index (κ3) is 3.08. The van der Waals surface area contributed by atoms with E-state index < -0.39 is 5.97 Å². The number of carbonyl (C=O) groups excluding carboxylic acids is 1. The minimum Gasteiger partial charge on any atom is -0.481 e. The molecule has 0 spiro atoms. The zero-order valence-electron chi connectivity index (χ0n) is 13.3. The first-order chi connectivity index (χ1) is 10.5. The second-order valence-electron chi connectivity index (χ2n) is 5.82. The summed E-state index contributed by atoms with van der Waals surface area (Å²) in [6.45, 7) is 5.39. The van der Waals surface area contributed by atoms with Crippen molar-refractivity contribution in [3.63, 3.8) is 0 Å². The predicted molar refractivity (Wildman–Crippen MR) is 86.3 cm³/mol. The number of nitrogens with one attached hydrogen (secondary N) is 1. The smallest absolute Gasteiger partial charge is 0.321 e. The molecule has 2 N–H and O–H groups in total. The fourth-order valence-corrected chi connectivity index (χ4v) is 3.20. The number of aliphatic carboxylic acids is 1. The number of carboxylic acids is 1. The van der Waals surface area contributed by atoms with Gasteiger partial charge in [-0.1, -0.05) is 32.0 Å². The van der Waals surface area contributed by atoms with E-state index in [0.717, 1.165) is 18.5 Å². The molecule has 0 fully saturated rings. The van der Waals surface area contributed by atoms with Crippen LogP contribution >= 0.6 is 0 Å². The van der Waals surface area contributed by atoms with Gasteiger partial charge in [-0.25, -0.2) is 4.79 Å². The van der Waals surface area contributed by atoms with Crippen molar-refractivity contribution in [2.75, 3.05) is 18.0 Å². The number of rotatable bonds is 6. The Morgan fingerprint density at radius 3 is 2.59 bits per heavy atom. The molecule has 2 amide bonds. The van der Waals surface area contributed by atoms with E-state index in [1.54, 1.807) is 4.90 Å². The van der Waals surface area contributed by atoms with Crippen LogP contribution in [-0.4, -0.2) is 30.2 Å². The Labute approximate surface area is 131 Å². The van der Waals surface area contributed by atoms with Gasteiger partial charge in [-0.3, -0.25) is 9.69 Å². The number of hydrogen-bond acceptors (Lipinski definition) is 2. The molecule has 2 rings (SSSR count). The Kier molecular flexibility index (Phi) is 5.06. The fraction of sp³-hybridized carbons (Fsp3) is 0.529. The average molecular weight is 304 g/mol. The Morgan fingerprint density at radius 2 is 1.95 bits per heavy atom. The van der Waals surface area contributed by atoms with E-state index in [2.05, 4.69) is 25.2 Å². The second kappa shape index (κ2) is 6.81. The van der Waals surface area contributed by atoms with Crippen molar-refractivity contribution >= 4 is 17.7 Å². The number of urea groups is 1. The molecule has 0 saturated carbocycles. The Hall–Kier alpha value is -2.04. The highest BCUT2D eigenvalue weighted by Gasteiger charge is 2.41. The van der Waals surface area contributed by atoms with Crippen LogP contribution in [0.25, 0.3) is 0 Å². The van der Waals surface area contributed by atoms with Crippen LogP contribution in [0.2, 0.25) is 0 Å². The first-order valence-electron chi connectivity index (χ1n) is 7.90. The van der Waals surface area contributed by atoms with Gasteiger partial charge in [0.15, 0.2) is 0 Å². The van der Waals surface area contributed by atoms with Crippen LogP contribution in [0.3, 0.4) is 0 Å². The summed E-state index contributed by atoms with van der Waals surface area (Å²) in [5.74, 6) is -0.836. The van der Waals surface area contributed by atoms with Gasteiger partial charge in [-0.15, -0.1) is 0 Å². The highest BCUT2D eigenvalue weighted by Crippen LogP contribution is 2.44. The van der Waals surface area contributed by atoms with Crippen molar-refractivity contribution in [2.24, 2.45) is 0 Å². The Morgan fingerprint density at radius 1 is 1.27 bits per heavy atom. The molecule has 0 aromatic heterocycles. The molecule has 1 aromatic carbocycles. The summed E-state index contributed by atoms with van der Waals surface area (Å²) < 4.78 is 0. The predicted octanol–water partition coefficient (Wildman–Crippen LogP) is 3.14. The molecule has 1 heterocycles. The third-order valence-corrected chi connectivity index (χ3v) is 4.67. The van der Waals surface area contributed by atoms with Crippen LogP contribution in [-0.2, 0) is 10.2 Å². The molecule has 120 valence electrons. The van der Waals surface area contributed by atoms with Gasteiger partial charge in [-0.2, -0.15) is 0 Å². The second-order valence-corrected chi connectivity index (χ2v) is 5.82. The minimum absolute atomic E-state index is 0.0228. The van der Waals surface area contributed by atoms with Gasteiger partial charge < -0.3 is 10.4 Å². The lowest BCUT2D eigenvalue weighted by atomic mass is 9.78. The van der Waals surface area contributed by atoms with E-state index in [1.165, 1.54) is 5.56 Å². The van der Waals surface area contributed by atoms with E-state index in [9.17, 15) is 9.59 Å². The summed E-state index contributed by atoms with van der Waals surface area (Å²) >= 11 is 0. The molecule has 0 aliphatic carbocycles. The highest BCUT2D eigenvalue weighted by molar-refractivity contribution is 5.95. The number of carbonyl (C=O) groups is 2. The number of fused-ring (bicyclic) bond motifs is 1. The summed E-state index contributed by atoms with van der Waals surface area (Å²) in [7, 11) is 0. The van der Waals surface area contributed by atoms with Crippen molar-refractivity contribution in [1.29, 1.82) is 0 Å². The van der Waals surface area contributed by atoms with Crippen LogP contribution in [0.5, 0.6) is 0 Å². The standard InChI is InChI=1S/C17H24N2O3/c1-3-17(4-2)12-19(14-9-6-5-8-13(14)17)16(22)18-11-7-10-15(20)21/h5-6,8-9H,3-4,7,10-12H2,1-2H3,(H,18,22)(H,20,21). The number of para-hydroxylation sites is 1. The molecule has 0 saturated heterocycles. The van der Waals surface area contributed by atoms with Crippen LogP contribution in [0, 0.1) is 0 Å². The number of hydrogen-bond donors (Lipinski definition) is 2. The highest BCUT2D eigenvalue weighted by atomic mass is 16.4. The molecule has 1 aromatic rings. The van der Waals surface area contributed by atoms with Crippen LogP contribution in [0.1, 0.15) is 45.1 Å². The monoisotopic (exact) mass is 304 g/mol. The van der Waals surface area contributed by atoms with E-state index in [1.807, 2.05) is 18.2 Å². The molecule has 0 bridgehead atoms. The van der Waals surface area contributed by atoms with E-state index in [0.29, 0.717) is 19.5 Å². The van der Waals surface area contributed by atoms with Crippen molar-refractivity contribution in [3.8, 4) is 0 Å². The molecule has 5 nitrogen and oxygen atoms in total. The fourth-order valence-electron chi connectivity index (χ4n) is 3.20. The number of nitrogens with zero attached hydrogens (tertiary/aromatic N) is 1. The maximum atomic E-state index is 12.4. The zero-order chi connectivity index (χ0) is 16.2. The van der Waals surface area contributed by atoms with Crippen LogP contribution < -0.4 is 10.2 Å². The topological polar surface area (TPSA) is 69.6 Å². The van der Waals surface area contributed by atoms with Gasteiger partial charge in [0, 0.05) is 30.6 Å². The van der Waals surface area contributed by atoms with Crippen molar-refractivity contribution < 1.29 is 14.7 Å². The van der Waals surface area contributed by atoms with Gasteiger partial charge in [-0.05, 0) is 30.9 Å². The van der Waals surface area contributed by atoms with E-state index in [4.69, 9.17) is 5.11 Å². The molecule has 0 unspecified atom stereocenters. The quantitative estimate of drug-likeness (QED) is 0.793. The summed E-state index contributed by atoms with van der Waals surface area (Å²) in [5, 5.41) is 11.5. The largest absolute Gasteiger partial charge is 0.481 e. The SMILES string of the molecule is CCC1(CC)CN(C(=O)NCCCC(=O)O)c2ccccc21. The van der Waals surface area contributed by atoms with Gasteiger partial charge in [0.2, 0.25) is 0 Å². The van der Waals surface area contributed by atoms with E-state index >= 15 is 0 Å². The molecule has 1 aliphatic rings. The first kappa shape index (κ1) is 16.3. The lowest BCUT2D eigenvalue weighted by Gasteiger charge is -2.27. The summed E-state index contributed by atoms with van der Waals surface area (Å²) in [4.78, 5) is 24.7. The van der Waals surface area contributed by atoms with E-state index in [-0.39, 0.29) is 17.9 Å². The Balaban J connectivity index is 2.09. The van der Waals surface area contributed by atoms with Crippen molar-refractivity contribution in [3.05, 3.63) is 29.8 Å². The molecule has 5 heteroatoms. The summed E-state index contributed by atoms with van der Waals surface area (Å²) in [6.07, 6.45) is 2.50. The molecule has 1 aliphatic heterocycles. The summed E-state index contributed by atoms with van der Waals surface area (Å²) in [5.41, 5.74) is 2.23. The summed E-state index contributed by atoms with van der Waals surface area (Å²) in [6, 6.07) is 7.93. The maximum Gasteiger partial charge on any atom is 0.321 e. The lowest BCUT2D eigenvalue weighted by Crippen LogP contribution is -2.42. The van der Waals surface area contributed by atoms with Gasteiger partial charge >= 0.3 is 12.0 Å². The molecule has 0 radical (unpaired) electrons. The van der Waals surface area contributed by atoms with Gasteiger partial charge in [0.1, 0.15) is 0 Å². The zero-order valence-corrected chi connectivity index (χ0v) is 13.3. The first-order valence-corrected chi connectivity index (χ1v) is 7.90. The maximum absolute atomic E-state index is 12.4. The molecular formula is C17H24N2O3. The molecule has 0 atom stereocenters. The number of anilines is 1. The van der Waals surface area contributed by atoms with Crippen LogP contribution in [0.15, 0.2) is 24.3 Å².